The van der Waals surface area contributed by atoms with Gasteiger partial charge in [0.2, 0.25) is 5.91 Å². The number of carbonyl (C=O) groups excluding carboxylic acids is 1. The number of amides is 1. The van der Waals surface area contributed by atoms with Crippen LogP contribution in [0.2, 0.25) is 0 Å². The summed E-state index contributed by atoms with van der Waals surface area (Å²) in [5.74, 6) is 1.29. The molecule has 1 amide bonds. The van der Waals surface area contributed by atoms with Gasteiger partial charge in [-0.25, -0.2) is 0 Å². The maximum atomic E-state index is 12.4. The Bertz CT molecular complexity index is 563. The number of carbonyl (C=O) groups is 1. The smallest absolute Gasteiger partial charge is 0.220 e. The summed E-state index contributed by atoms with van der Waals surface area (Å²) in [6, 6.07) is 6.88. The molecule has 3 heteroatoms. The normalized spacial score (nSPS) is 23.2. The Morgan fingerprint density at radius 3 is 2.75 bits per heavy atom. The molecule has 1 aromatic rings. The predicted octanol–water partition coefficient (Wildman–Crippen LogP) is 3.77. The van der Waals surface area contributed by atoms with Crippen LogP contribution in [0.25, 0.3) is 0 Å². The molecule has 3 atom stereocenters. The number of aryl methyl sites for hydroxylation is 2. The van der Waals surface area contributed by atoms with E-state index in [0.29, 0.717) is 18.3 Å². The summed E-state index contributed by atoms with van der Waals surface area (Å²) in [4.78, 5) is 12.4. The fraction of sp³-hybridized carbons (Fsp3) is 0.667. The topological polar surface area (TPSA) is 41.1 Å². The third-order valence-electron chi connectivity index (χ3n) is 5.90. The van der Waals surface area contributed by atoms with E-state index in [1.807, 2.05) is 0 Å². The van der Waals surface area contributed by atoms with Crippen molar-refractivity contribution in [3.63, 3.8) is 0 Å². The summed E-state index contributed by atoms with van der Waals surface area (Å²) in [5.41, 5.74) is 4.24. The molecule has 1 aliphatic carbocycles. The summed E-state index contributed by atoms with van der Waals surface area (Å²) in [7, 11) is 0. The fourth-order valence-electron chi connectivity index (χ4n) is 4.23. The Kier molecular flexibility index (Phi) is 5.94. The van der Waals surface area contributed by atoms with Crippen LogP contribution in [-0.4, -0.2) is 19.0 Å². The molecule has 3 unspecified atom stereocenters. The summed E-state index contributed by atoms with van der Waals surface area (Å²) < 4.78 is 0. The Morgan fingerprint density at radius 1 is 1.21 bits per heavy atom. The number of piperidine rings is 1. The molecule has 0 aromatic heterocycles. The predicted molar refractivity (Wildman–Crippen MR) is 99.0 cm³/mol. The van der Waals surface area contributed by atoms with Gasteiger partial charge in [-0.15, -0.1) is 0 Å². The van der Waals surface area contributed by atoms with Crippen molar-refractivity contribution in [2.24, 2.45) is 11.8 Å². The molecule has 1 saturated heterocycles. The van der Waals surface area contributed by atoms with E-state index in [9.17, 15) is 4.79 Å². The molecule has 3 nitrogen and oxygen atoms in total. The Balaban J connectivity index is 1.53. The van der Waals surface area contributed by atoms with Crippen molar-refractivity contribution < 1.29 is 4.79 Å². The average molecular weight is 329 g/mol. The van der Waals surface area contributed by atoms with Gasteiger partial charge >= 0.3 is 0 Å². The van der Waals surface area contributed by atoms with Crippen LogP contribution in [0, 0.1) is 11.8 Å². The van der Waals surface area contributed by atoms with Crippen LogP contribution in [0.4, 0.5) is 0 Å². The lowest BCUT2D eigenvalue weighted by molar-refractivity contribution is -0.123. The van der Waals surface area contributed by atoms with Crippen molar-refractivity contribution in [2.45, 2.75) is 64.8 Å². The van der Waals surface area contributed by atoms with E-state index in [4.69, 9.17) is 0 Å². The van der Waals surface area contributed by atoms with E-state index >= 15 is 0 Å². The van der Waals surface area contributed by atoms with Crippen molar-refractivity contribution in [3.05, 3.63) is 34.9 Å². The summed E-state index contributed by atoms with van der Waals surface area (Å²) in [6.45, 7) is 6.52. The van der Waals surface area contributed by atoms with Crippen molar-refractivity contribution in [1.82, 2.24) is 10.6 Å². The molecule has 1 heterocycles. The summed E-state index contributed by atoms with van der Waals surface area (Å²) in [5, 5.41) is 6.67. The van der Waals surface area contributed by atoms with Crippen molar-refractivity contribution in [2.75, 3.05) is 13.1 Å². The Hall–Kier alpha value is -1.35. The second-order valence-corrected chi connectivity index (χ2v) is 7.81. The Morgan fingerprint density at radius 2 is 2.00 bits per heavy atom. The largest absolute Gasteiger partial charge is 0.350 e. The van der Waals surface area contributed by atoms with Crippen LogP contribution in [0.15, 0.2) is 18.2 Å². The average Bonchev–Trinajstić information content (AvgIpc) is 2.61. The summed E-state index contributed by atoms with van der Waals surface area (Å²) in [6.07, 6.45) is 8.14. The van der Waals surface area contributed by atoms with Gasteiger partial charge in [0, 0.05) is 6.42 Å². The highest BCUT2D eigenvalue weighted by Crippen LogP contribution is 2.26. The lowest BCUT2D eigenvalue weighted by Crippen LogP contribution is -2.36. The van der Waals surface area contributed by atoms with Gasteiger partial charge in [0.05, 0.1) is 6.04 Å². The van der Waals surface area contributed by atoms with Crippen molar-refractivity contribution in [1.29, 1.82) is 0 Å². The van der Waals surface area contributed by atoms with Crippen LogP contribution >= 0.6 is 0 Å². The molecular weight excluding hydrogens is 296 g/mol. The zero-order chi connectivity index (χ0) is 16.9. The Labute approximate surface area is 146 Å². The molecule has 0 radical (unpaired) electrons. The molecule has 0 spiro atoms. The van der Waals surface area contributed by atoms with Crippen LogP contribution in [0.1, 0.15) is 68.7 Å². The van der Waals surface area contributed by atoms with Gasteiger partial charge in [-0.1, -0.05) is 25.1 Å². The van der Waals surface area contributed by atoms with Gasteiger partial charge in [-0.2, -0.15) is 0 Å². The number of hydrogen-bond acceptors (Lipinski definition) is 2. The van der Waals surface area contributed by atoms with Crippen LogP contribution in [0.5, 0.6) is 0 Å². The minimum absolute atomic E-state index is 0.0985. The first-order chi connectivity index (χ1) is 11.6. The first-order valence-corrected chi connectivity index (χ1v) is 9.75. The molecule has 24 heavy (non-hydrogen) atoms. The maximum Gasteiger partial charge on any atom is 0.220 e. The van der Waals surface area contributed by atoms with Gasteiger partial charge < -0.3 is 10.6 Å². The molecule has 2 N–H and O–H groups in total. The molecular formula is C21H32N2O. The van der Waals surface area contributed by atoms with Gasteiger partial charge in [0.25, 0.3) is 0 Å². The lowest BCUT2D eigenvalue weighted by atomic mass is 9.85. The SMILES string of the molecule is CC(NC(=O)CC(C)C1CCCNC1)c1ccc2c(c1)CCCC2. The standard InChI is InChI=1S/C21H32N2O/c1-15(20-8-5-11-22-14-20)12-21(24)23-16(2)18-10-9-17-6-3-4-7-19(17)13-18/h9-10,13,15-16,20,22H,3-8,11-12,14H2,1-2H3,(H,23,24). The molecule has 1 aliphatic heterocycles. The van der Waals surface area contributed by atoms with Gasteiger partial charge in [-0.05, 0) is 87.1 Å². The highest BCUT2D eigenvalue weighted by molar-refractivity contribution is 5.76. The lowest BCUT2D eigenvalue weighted by Gasteiger charge is -2.28. The first-order valence-electron chi connectivity index (χ1n) is 9.75. The van der Waals surface area contributed by atoms with E-state index in [1.54, 1.807) is 0 Å². The van der Waals surface area contributed by atoms with E-state index in [-0.39, 0.29) is 11.9 Å². The molecule has 3 rings (SSSR count). The number of nitrogens with one attached hydrogen (secondary N) is 2. The van der Waals surface area contributed by atoms with E-state index in [2.05, 4.69) is 42.7 Å². The molecule has 132 valence electrons. The monoisotopic (exact) mass is 328 g/mol. The third-order valence-corrected chi connectivity index (χ3v) is 5.90. The minimum Gasteiger partial charge on any atom is -0.350 e. The molecule has 0 saturated carbocycles. The molecule has 2 aliphatic rings. The van der Waals surface area contributed by atoms with E-state index < -0.39 is 0 Å². The second kappa shape index (κ2) is 8.15. The van der Waals surface area contributed by atoms with Crippen LogP contribution < -0.4 is 10.6 Å². The quantitative estimate of drug-likeness (QED) is 0.864. The highest BCUT2D eigenvalue weighted by Gasteiger charge is 2.23. The number of benzene rings is 1. The second-order valence-electron chi connectivity index (χ2n) is 7.81. The number of rotatable bonds is 5. The molecule has 1 fully saturated rings. The fourth-order valence-corrected chi connectivity index (χ4v) is 4.23. The van der Waals surface area contributed by atoms with Crippen molar-refractivity contribution in [3.8, 4) is 0 Å². The zero-order valence-electron chi connectivity index (χ0n) is 15.2. The third kappa shape index (κ3) is 4.38. The van der Waals surface area contributed by atoms with Crippen LogP contribution in [0.3, 0.4) is 0 Å². The van der Waals surface area contributed by atoms with E-state index in [1.165, 1.54) is 55.2 Å². The summed E-state index contributed by atoms with van der Waals surface area (Å²) >= 11 is 0. The first kappa shape index (κ1) is 17.5. The van der Waals surface area contributed by atoms with Gasteiger partial charge in [0.1, 0.15) is 0 Å². The van der Waals surface area contributed by atoms with Crippen molar-refractivity contribution >= 4 is 5.91 Å². The zero-order valence-corrected chi connectivity index (χ0v) is 15.2. The van der Waals surface area contributed by atoms with Gasteiger partial charge in [-0.3, -0.25) is 4.79 Å². The van der Waals surface area contributed by atoms with Crippen LogP contribution in [-0.2, 0) is 17.6 Å². The molecule has 1 aromatic carbocycles. The maximum absolute atomic E-state index is 12.4. The highest BCUT2D eigenvalue weighted by atomic mass is 16.1. The van der Waals surface area contributed by atoms with Gasteiger partial charge in [0.15, 0.2) is 0 Å². The minimum atomic E-state index is 0.0985. The molecule has 0 bridgehead atoms. The number of hydrogen-bond donors (Lipinski definition) is 2. The number of fused-ring (bicyclic) bond motifs is 1. The van der Waals surface area contributed by atoms with E-state index in [0.717, 1.165) is 13.1 Å².